The molecule has 28 nitrogen and oxygen atoms in total. The molecule has 4 heterocycles. The van der Waals surface area contributed by atoms with E-state index in [9.17, 15) is 82.4 Å². The Labute approximate surface area is 565 Å². The van der Waals surface area contributed by atoms with E-state index in [0.29, 0.717) is 39.2 Å². The molecule has 0 saturated carbocycles. The number of hydrogen-bond donors (Lipinski definition) is 12. The summed E-state index contributed by atoms with van der Waals surface area (Å²) in [6, 6.07) is 7.25. The Bertz CT molecular complexity index is 3380. The number of benzene rings is 2. The molecule has 3 aliphatic heterocycles. The van der Waals surface area contributed by atoms with Gasteiger partial charge < -0.3 is 67.7 Å². The van der Waals surface area contributed by atoms with Crippen LogP contribution in [0, 0.1) is 35.5 Å². The van der Waals surface area contributed by atoms with Gasteiger partial charge in [-0.15, -0.1) is 11.8 Å². The summed E-state index contributed by atoms with van der Waals surface area (Å²) in [6.07, 6.45) is -2.24. The Morgan fingerprint density at radius 2 is 1.48 bits per heavy atom. The third-order valence-corrected chi connectivity index (χ3v) is 20.0. The number of rotatable bonds is 27. The van der Waals surface area contributed by atoms with E-state index in [4.69, 9.17) is 0 Å². The van der Waals surface area contributed by atoms with Crippen LogP contribution in [0.2, 0.25) is 0 Å². The van der Waals surface area contributed by atoms with Gasteiger partial charge in [-0.1, -0.05) is 85.2 Å². The summed E-state index contributed by atoms with van der Waals surface area (Å²) >= 11 is 2.30. The van der Waals surface area contributed by atoms with E-state index < -0.39 is 180 Å². The number of fused-ring (bicyclic) bond motifs is 3. The maximum atomic E-state index is 15.0. The van der Waals surface area contributed by atoms with Crippen LogP contribution in [-0.2, 0) is 80.1 Å². The van der Waals surface area contributed by atoms with Crippen LogP contribution in [-0.4, -0.2) is 205 Å². The number of nitrogens with one attached hydrogen (secondary N) is 9. The molecule has 12 N–H and O–H groups in total. The molecule has 0 spiro atoms. The largest absolute Gasteiger partial charge is 0.394 e. The van der Waals surface area contributed by atoms with Crippen LogP contribution in [0.1, 0.15) is 111 Å². The van der Waals surface area contributed by atoms with E-state index >= 15 is 0 Å². The van der Waals surface area contributed by atoms with Gasteiger partial charge in [-0.3, -0.25) is 72.0 Å². The Hall–Kier alpha value is -8.06. The van der Waals surface area contributed by atoms with Crippen molar-refractivity contribution in [2.75, 3.05) is 50.1 Å². The molecule has 3 aliphatic rings. The van der Waals surface area contributed by atoms with E-state index in [1.807, 2.05) is 0 Å². The number of aromatic nitrogens is 1. The maximum Gasteiger partial charge on any atom is 0.243 e. The van der Waals surface area contributed by atoms with Crippen LogP contribution < -0.4 is 42.5 Å². The topological polar surface area (TPSA) is 418 Å². The highest BCUT2D eigenvalue weighted by atomic mass is 32.2. The van der Waals surface area contributed by atoms with Crippen molar-refractivity contribution in [3.8, 4) is 0 Å². The molecular weight excluding hydrogens is 1280 g/mol. The lowest BCUT2D eigenvalue weighted by molar-refractivity contribution is -0.144. The van der Waals surface area contributed by atoms with Crippen molar-refractivity contribution in [3.63, 3.8) is 0 Å². The van der Waals surface area contributed by atoms with Crippen molar-refractivity contribution in [2.24, 2.45) is 35.5 Å². The highest BCUT2D eigenvalue weighted by Gasteiger charge is 2.43. The average molecular weight is 1370 g/mol. The lowest BCUT2D eigenvalue weighted by Gasteiger charge is -2.28. The predicted molar refractivity (Wildman–Crippen MR) is 356 cm³/mol. The molecule has 2 unspecified atom stereocenters. The minimum absolute atomic E-state index is 0.0573. The summed E-state index contributed by atoms with van der Waals surface area (Å²) in [6.45, 7) is 10.4. The molecule has 3 aromatic rings. The molecule has 1 aromatic heterocycles. The number of nitrogens with zero attached hydrogens (tertiary/aromatic N) is 2. The molecule has 2 saturated heterocycles. The molecule has 524 valence electrons. The molecular formula is C66H91N11O17S2. The van der Waals surface area contributed by atoms with Gasteiger partial charge in [-0.2, -0.15) is 11.8 Å². The van der Waals surface area contributed by atoms with Gasteiger partial charge in [0.05, 0.1) is 66.2 Å². The van der Waals surface area contributed by atoms with Crippen molar-refractivity contribution in [2.45, 2.75) is 166 Å². The fourth-order valence-electron chi connectivity index (χ4n) is 11.5. The minimum Gasteiger partial charge on any atom is -0.394 e. The molecule has 2 aromatic carbocycles. The number of para-hydroxylation sites is 1. The number of aliphatic hydroxyl groups excluding tert-OH is 3. The van der Waals surface area contributed by atoms with Gasteiger partial charge in [0.25, 0.3) is 0 Å². The van der Waals surface area contributed by atoms with E-state index in [1.54, 1.807) is 96.3 Å². The summed E-state index contributed by atoms with van der Waals surface area (Å²) < 4.78 is 0. The molecule has 0 aliphatic carbocycles. The summed E-state index contributed by atoms with van der Waals surface area (Å²) in [5.41, 5.74) is 1.93. The molecule has 0 bridgehead atoms. The van der Waals surface area contributed by atoms with Crippen molar-refractivity contribution in [3.05, 3.63) is 59.7 Å². The smallest absolute Gasteiger partial charge is 0.243 e. The Kier molecular flexibility index (Phi) is 28.7. The third-order valence-electron chi connectivity index (χ3n) is 17.9. The summed E-state index contributed by atoms with van der Waals surface area (Å²) in [5.74, 6) is -13.8. The number of aromatic amines is 1. The number of aliphatic hydroxyl groups is 3. The lowest BCUT2D eigenvalue weighted by Crippen LogP contribution is -2.56. The summed E-state index contributed by atoms with van der Waals surface area (Å²) in [5, 5.41) is 52.6. The van der Waals surface area contributed by atoms with Crippen LogP contribution in [0.25, 0.3) is 10.9 Å². The van der Waals surface area contributed by atoms with Gasteiger partial charge in [0.2, 0.25) is 65.0 Å². The number of ketones is 3. The van der Waals surface area contributed by atoms with Gasteiger partial charge in [-0.05, 0) is 60.3 Å². The van der Waals surface area contributed by atoms with Gasteiger partial charge in [-0.25, -0.2) is 0 Å². The van der Waals surface area contributed by atoms with Gasteiger partial charge in [0.1, 0.15) is 12.1 Å². The van der Waals surface area contributed by atoms with Crippen LogP contribution in [0.5, 0.6) is 0 Å². The molecule has 30 heteroatoms. The number of H-pyrrole nitrogens is 1. The lowest BCUT2D eigenvalue weighted by atomic mass is 9.90. The molecule has 2 fully saturated rings. The number of carbonyl (C=O) groups excluding carboxylic acids is 14. The van der Waals surface area contributed by atoms with E-state index in [2.05, 4.69) is 47.5 Å². The quantitative estimate of drug-likeness (QED) is 0.0464. The average Bonchev–Trinajstić information content (AvgIpc) is 1.65. The fourth-order valence-corrected chi connectivity index (χ4v) is 13.3. The first-order chi connectivity index (χ1) is 45.4. The highest BCUT2D eigenvalue weighted by Crippen LogP contribution is 2.33. The van der Waals surface area contributed by atoms with E-state index in [-0.39, 0.29) is 75.2 Å². The number of likely N-dealkylation sites (tertiary alicyclic amines) is 2. The maximum absolute atomic E-state index is 15.0. The number of β-amino-alcohol motifs (C(OH)–C–C–N with tert-alkyl or cyclic N) is 1. The molecule has 11 amide bonds. The van der Waals surface area contributed by atoms with E-state index in [0.717, 1.165) is 21.6 Å². The first-order valence-corrected chi connectivity index (χ1v) is 34.6. The molecule has 96 heavy (non-hydrogen) atoms. The van der Waals surface area contributed by atoms with Crippen molar-refractivity contribution >= 4 is 122 Å². The zero-order valence-corrected chi connectivity index (χ0v) is 57.2. The van der Waals surface area contributed by atoms with Crippen molar-refractivity contribution in [1.29, 1.82) is 0 Å². The van der Waals surface area contributed by atoms with Crippen LogP contribution in [0.3, 0.4) is 0 Å². The zero-order chi connectivity index (χ0) is 70.8. The molecule has 0 radical (unpaired) electrons. The third kappa shape index (κ3) is 21.0. The highest BCUT2D eigenvalue weighted by molar-refractivity contribution is 8.00. The van der Waals surface area contributed by atoms with Gasteiger partial charge >= 0.3 is 0 Å². The normalized spacial score (nSPS) is 22.1. The van der Waals surface area contributed by atoms with Crippen molar-refractivity contribution in [1.82, 2.24) is 52.0 Å². The minimum atomic E-state index is -1.47. The number of anilines is 1. The SMILES string of the molecule is CC[C@H](C)[C@@H]1NC(=O)CNC(=O)[C@@H](NC(=O)[C@@H](C)[C@@H](C)[C@@H](O)CO)Cc2c([nH]c3ccccc23)SC[C@@H](C(=O)C[C@@H](CC(=O)NCc2ccc(NC(=O)[C@H](C)CC(=O)C(NC(=O)CCN3C(=O)CC(SC)C3=O)C(C)C)cc2)C(=O)N2C[C@H](O)C[C@H]2C(C)=O)NC(=O)CNC1=O. The second kappa shape index (κ2) is 35.8. The van der Waals surface area contributed by atoms with Gasteiger partial charge in [0.15, 0.2) is 17.3 Å². The van der Waals surface area contributed by atoms with E-state index in [1.165, 1.54) is 25.6 Å². The second-order valence-corrected chi connectivity index (χ2v) is 27.5. The standard InChI is InChI=1S/C66H91N11O17S2/c1-10-34(4)59-63(92)69-28-55(86)71-47(32-96-64-44(43-13-11-12-14-45(43)73-64)25-46(62(91)68-29-56(87)75-59)72-61(90)37(7)36(6)51(83)31-78)49(81)22-40(65(93)77-30-42(80)24-48(77)38(8)79)23-54(85)67-27-39-15-17-41(18-16-39)70-60(89)35(5)21-50(82)58(33(2)3)74-53(84)19-20-76-57(88)26-52(95-9)66(76)94/h11-18,33-37,40,42,46-48,51-52,58-59,73,78,80,83H,10,19-32H2,1-9H3,(H,67,85)(H,68,91)(H,69,92)(H,70,89)(H,71,86)(H,72,90)(H,74,84)(H,75,87)/t34-,35+,36+,37-,40-,42+,46-,47-,48-,51-,52?,58?,59-/m0/s1. The van der Waals surface area contributed by atoms with Crippen molar-refractivity contribution < 1.29 is 82.4 Å². The summed E-state index contributed by atoms with van der Waals surface area (Å²) in [7, 11) is 0. The van der Waals surface area contributed by atoms with Crippen LogP contribution >= 0.6 is 23.5 Å². The Morgan fingerprint density at radius 3 is 2.11 bits per heavy atom. The number of carbonyl (C=O) groups is 14. The fraction of sp³-hybridized carbons (Fsp3) is 0.576. The Morgan fingerprint density at radius 1 is 0.812 bits per heavy atom. The first kappa shape index (κ1) is 77.0. The monoisotopic (exact) mass is 1370 g/mol. The molecule has 13 atom stereocenters. The number of Topliss-reactive ketones (excluding diaryl/α,β-unsaturated/α-hetero) is 3. The molecule has 6 rings (SSSR count). The predicted octanol–water partition coefficient (Wildman–Crippen LogP) is 0.562. The zero-order valence-electron chi connectivity index (χ0n) is 55.6. The van der Waals surface area contributed by atoms with Crippen LogP contribution in [0.15, 0.2) is 53.6 Å². The first-order valence-electron chi connectivity index (χ1n) is 32.3. The number of hydrogen-bond acceptors (Lipinski definition) is 19. The number of imide groups is 1. The Balaban J connectivity index is 1.20. The van der Waals surface area contributed by atoms with Crippen LogP contribution in [0.4, 0.5) is 5.69 Å². The number of amides is 11. The second-order valence-electron chi connectivity index (χ2n) is 25.4. The summed E-state index contributed by atoms with van der Waals surface area (Å²) in [4.78, 5) is 196. The van der Waals surface area contributed by atoms with Gasteiger partial charge in [0, 0.05) is 98.8 Å². The number of thioether (sulfide) groups is 2.